The molecule has 0 spiro atoms. The second-order valence-electron chi connectivity index (χ2n) is 6.07. The van der Waals surface area contributed by atoms with Crippen molar-refractivity contribution in [2.45, 2.75) is 32.6 Å². The Balaban J connectivity index is 2.45. The Labute approximate surface area is 110 Å². The zero-order valence-corrected chi connectivity index (χ0v) is 12.2. The maximum Gasteiger partial charge on any atom is 0.0480 e. The first-order valence-corrected chi connectivity index (χ1v) is 6.67. The summed E-state index contributed by atoms with van der Waals surface area (Å²) in [5.74, 6) is 0. The van der Waals surface area contributed by atoms with Gasteiger partial charge in [-0.25, -0.2) is 0 Å². The van der Waals surface area contributed by atoms with Crippen molar-refractivity contribution in [3.05, 3.63) is 35.5 Å². The molecule has 0 bridgehead atoms. The first-order valence-electron chi connectivity index (χ1n) is 6.67. The number of rotatable bonds is 3. The van der Waals surface area contributed by atoms with Crippen molar-refractivity contribution < 1.29 is 0 Å². The van der Waals surface area contributed by atoms with Crippen LogP contribution in [0.5, 0.6) is 0 Å². The summed E-state index contributed by atoms with van der Waals surface area (Å²) in [6.45, 7) is 7.81. The number of aryl methyl sites for hydroxylation is 1. The highest BCUT2D eigenvalue weighted by Gasteiger charge is 2.15. The standard InChI is InChI=1S/C16H24N2/c1-16(2,3)13-6-7-15-12(10-13)11-14(18(15)5)8-9-17-4/h6-7,10-11,17H,8-9H2,1-5H3. The normalized spacial score (nSPS) is 12.3. The highest BCUT2D eigenvalue weighted by molar-refractivity contribution is 5.82. The summed E-state index contributed by atoms with van der Waals surface area (Å²) in [5.41, 5.74) is 4.34. The molecule has 2 heteroatoms. The Kier molecular flexibility index (Phi) is 3.49. The van der Waals surface area contributed by atoms with E-state index < -0.39 is 0 Å². The highest BCUT2D eigenvalue weighted by atomic mass is 14.9. The van der Waals surface area contributed by atoms with Gasteiger partial charge in [0.25, 0.3) is 0 Å². The van der Waals surface area contributed by atoms with Crippen LogP contribution < -0.4 is 5.32 Å². The molecular formula is C16H24N2. The second kappa shape index (κ2) is 4.77. The van der Waals surface area contributed by atoms with Gasteiger partial charge in [0.2, 0.25) is 0 Å². The van der Waals surface area contributed by atoms with E-state index >= 15 is 0 Å². The minimum atomic E-state index is 0.217. The van der Waals surface area contributed by atoms with Crippen molar-refractivity contribution >= 4 is 10.9 Å². The topological polar surface area (TPSA) is 17.0 Å². The molecule has 0 aliphatic heterocycles. The Morgan fingerprint density at radius 2 is 1.89 bits per heavy atom. The van der Waals surface area contributed by atoms with Crippen molar-refractivity contribution in [1.29, 1.82) is 0 Å². The molecule has 0 atom stereocenters. The lowest BCUT2D eigenvalue weighted by Gasteiger charge is -2.19. The molecule has 2 nitrogen and oxygen atoms in total. The monoisotopic (exact) mass is 244 g/mol. The van der Waals surface area contributed by atoms with E-state index in [2.05, 4.69) is 62.0 Å². The molecule has 0 aliphatic rings. The van der Waals surface area contributed by atoms with Gasteiger partial charge in [-0.1, -0.05) is 26.8 Å². The van der Waals surface area contributed by atoms with E-state index in [9.17, 15) is 0 Å². The van der Waals surface area contributed by atoms with Gasteiger partial charge in [-0.05, 0) is 36.2 Å². The van der Waals surface area contributed by atoms with Gasteiger partial charge in [0, 0.05) is 36.6 Å². The summed E-state index contributed by atoms with van der Waals surface area (Å²) in [7, 11) is 4.16. The lowest BCUT2D eigenvalue weighted by atomic mass is 9.86. The number of aromatic nitrogens is 1. The van der Waals surface area contributed by atoms with E-state index in [1.54, 1.807) is 0 Å². The molecule has 1 aromatic heterocycles. The lowest BCUT2D eigenvalue weighted by Crippen LogP contribution is -2.12. The Morgan fingerprint density at radius 1 is 1.17 bits per heavy atom. The summed E-state index contributed by atoms with van der Waals surface area (Å²) in [6, 6.07) is 9.16. The summed E-state index contributed by atoms with van der Waals surface area (Å²) in [5, 5.41) is 4.57. The van der Waals surface area contributed by atoms with Gasteiger partial charge in [0.05, 0.1) is 0 Å². The minimum absolute atomic E-state index is 0.217. The van der Waals surface area contributed by atoms with Crippen LogP contribution >= 0.6 is 0 Å². The quantitative estimate of drug-likeness (QED) is 0.877. The van der Waals surface area contributed by atoms with Crippen LogP contribution in [0.1, 0.15) is 32.0 Å². The first kappa shape index (κ1) is 13.2. The van der Waals surface area contributed by atoms with E-state index in [0.29, 0.717) is 0 Å². The van der Waals surface area contributed by atoms with Crippen LogP contribution in [0, 0.1) is 0 Å². The van der Waals surface area contributed by atoms with E-state index in [-0.39, 0.29) is 5.41 Å². The molecule has 1 N–H and O–H groups in total. The van der Waals surface area contributed by atoms with Crippen LogP contribution in [0.4, 0.5) is 0 Å². The van der Waals surface area contributed by atoms with E-state index in [0.717, 1.165) is 13.0 Å². The summed E-state index contributed by atoms with van der Waals surface area (Å²) in [6.07, 6.45) is 1.08. The third-order valence-electron chi connectivity index (χ3n) is 3.64. The zero-order valence-electron chi connectivity index (χ0n) is 12.2. The van der Waals surface area contributed by atoms with E-state index in [1.807, 2.05) is 7.05 Å². The predicted octanol–water partition coefficient (Wildman–Crippen LogP) is 3.24. The van der Waals surface area contributed by atoms with Crippen molar-refractivity contribution in [3.63, 3.8) is 0 Å². The number of hydrogen-bond acceptors (Lipinski definition) is 1. The van der Waals surface area contributed by atoms with Gasteiger partial charge in [-0.3, -0.25) is 0 Å². The van der Waals surface area contributed by atoms with Crippen LogP contribution in [-0.4, -0.2) is 18.2 Å². The molecule has 0 saturated carbocycles. The van der Waals surface area contributed by atoms with Crippen LogP contribution in [0.15, 0.2) is 24.3 Å². The molecule has 1 aromatic carbocycles. The SMILES string of the molecule is CNCCc1cc2cc(C(C)(C)C)ccc2n1C. The van der Waals surface area contributed by atoms with Crippen LogP contribution in [-0.2, 0) is 18.9 Å². The fraction of sp³-hybridized carbons (Fsp3) is 0.500. The zero-order chi connectivity index (χ0) is 13.3. The molecule has 1 heterocycles. The fourth-order valence-electron chi connectivity index (χ4n) is 2.37. The molecule has 0 fully saturated rings. The third kappa shape index (κ3) is 2.44. The number of fused-ring (bicyclic) bond motifs is 1. The molecule has 0 aliphatic carbocycles. The number of hydrogen-bond donors (Lipinski definition) is 1. The Bertz CT molecular complexity index is 544. The van der Waals surface area contributed by atoms with E-state index in [4.69, 9.17) is 0 Å². The smallest absolute Gasteiger partial charge is 0.0480 e. The highest BCUT2D eigenvalue weighted by Crippen LogP contribution is 2.27. The fourth-order valence-corrected chi connectivity index (χ4v) is 2.37. The average Bonchev–Trinajstić information content (AvgIpc) is 2.62. The van der Waals surface area contributed by atoms with Crippen molar-refractivity contribution in [1.82, 2.24) is 9.88 Å². The van der Waals surface area contributed by atoms with Crippen LogP contribution in [0.25, 0.3) is 10.9 Å². The summed E-state index contributed by atoms with van der Waals surface area (Å²) < 4.78 is 2.30. The molecule has 18 heavy (non-hydrogen) atoms. The van der Waals surface area contributed by atoms with Crippen molar-refractivity contribution in [3.8, 4) is 0 Å². The number of benzene rings is 1. The second-order valence-corrected chi connectivity index (χ2v) is 6.07. The van der Waals surface area contributed by atoms with Gasteiger partial charge in [-0.15, -0.1) is 0 Å². The van der Waals surface area contributed by atoms with Gasteiger partial charge in [-0.2, -0.15) is 0 Å². The minimum Gasteiger partial charge on any atom is -0.348 e. The average molecular weight is 244 g/mol. The van der Waals surface area contributed by atoms with Gasteiger partial charge in [0.15, 0.2) is 0 Å². The van der Waals surface area contributed by atoms with Crippen LogP contribution in [0.2, 0.25) is 0 Å². The molecule has 0 saturated heterocycles. The molecule has 0 amide bonds. The maximum atomic E-state index is 3.21. The van der Waals surface area contributed by atoms with Crippen molar-refractivity contribution in [2.24, 2.45) is 7.05 Å². The molecule has 2 rings (SSSR count). The lowest BCUT2D eigenvalue weighted by molar-refractivity contribution is 0.591. The first-order chi connectivity index (χ1) is 8.43. The third-order valence-corrected chi connectivity index (χ3v) is 3.64. The number of nitrogens with one attached hydrogen (secondary N) is 1. The van der Waals surface area contributed by atoms with Gasteiger partial charge in [0.1, 0.15) is 0 Å². The summed E-state index contributed by atoms with van der Waals surface area (Å²) >= 11 is 0. The van der Waals surface area contributed by atoms with E-state index in [1.165, 1.54) is 22.2 Å². The predicted molar refractivity (Wildman–Crippen MR) is 79.2 cm³/mol. The number of likely N-dealkylation sites (N-methyl/N-ethyl adjacent to an activating group) is 1. The van der Waals surface area contributed by atoms with Gasteiger partial charge >= 0.3 is 0 Å². The summed E-state index contributed by atoms with van der Waals surface area (Å²) in [4.78, 5) is 0. The Hall–Kier alpha value is -1.28. The van der Waals surface area contributed by atoms with Gasteiger partial charge < -0.3 is 9.88 Å². The maximum absolute atomic E-state index is 3.21. The molecule has 0 unspecified atom stereocenters. The molecular weight excluding hydrogens is 220 g/mol. The largest absolute Gasteiger partial charge is 0.348 e. The van der Waals surface area contributed by atoms with Crippen molar-refractivity contribution in [2.75, 3.05) is 13.6 Å². The van der Waals surface area contributed by atoms with Crippen LogP contribution in [0.3, 0.4) is 0 Å². The number of nitrogens with zero attached hydrogens (tertiary/aromatic N) is 1. The molecule has 0 radical (unpaired) electrons. The molecule has 2 aromatic rings. The molecule has 98 valence electrons. The Morgan fingerprint density at radius 3 is 2.50 bits per heavy atom.